The molecule has 0 saturated carbocycles. The highest BCUT2D eigenvalue weighted by Gasteiger charge is 2.34. The minimum atomic E-state index is -1.05. The maximum absolute atomic E-state index is 13.7. The van der Waals surface area contributed by atoms with E-state index in [0.29, 0.717) is 0 Å². The Morgan fingerprint density at radius 3 is 2.70 bits per heavy atom. The standard InChI is InChI=1S/C13H13FN2O4/c14-10-2-1-7(12(15)18)3-8(10)5-16-6-9(13(19)20)4-11(16)17/h1-3,9H,4-6H2,(H2,15,18)(H,19,20). The van der Waals surface area contributed by atoms with Crippen LogP contribution in [0.25, 0.3) is 0 Å². The van der Waals surface area contributed by atoms with Crippen LogP contribution in [0.4, 0.5) is 4.39 Å². The SMILES string of the molecule is NC(=O)c1ccc(F)c(CN2CC(C(=O)O)CC2=O)c1. The number of nitrogens with zero attached hydrogens (tertiary/aromatic N) is 1. The smallest absolute Gasteiger partial charge is 0.308 e. The molecule has 1 heterocycles. The van der Waals surface area contributed by atoms with Gasteiger partial charge in [0.25, 0.3) is 0 Å². The number of aliphatic carboxylic acids is 1. The summed E-state index contributed by atoms with van der Waals surface area (Å²) in [5, 5.41) is 8.87. The number of carboxylic acids is 1. The lowest BCUT2D eigenvalue weighted by Crippen LogP contribution is -2.26. The van der Waals surface area contributed by atoms with Gasteiger partial charge in [-0.3, -0.25) is 14.4 Å². The fraction of sp³-hybridized carbons (Fsp3) is 0.308. The van der Waals surface area contributed by atoms with Crippen LogP contribution in [-0.2, 0) is 16.1 Å². The van der Waals surface area contributed by atoms with Gasteiger partial charge in [-0.1, -0.05) is 0 Å². The van der Waals surface area contributed by atoms with E-state index in [1.54, 1.807) is 0 Å². The molecule has 7 heteroatoms. The molecule has 0 bridgehead atoms. The number of rotatable bonds is 4. The number of carbonyl (C=O) groups is 3. The van der Waals surface area contributed by atoms with Crippen LogP contribution in [-0.4, -0.2) is 34.3 Å². The lowest BCUT2D eigenvalue weighted by molar-refractivity contribution is -0.141. The first kappa shape index (κ1) is 14.0. The molecular weight excluding hydrogens is 267 g/mol. The zero-order chi connectivity index (χ0) is 14.9. The van der Waals surface area contributed by atoms with Crippen molar-refractivity contribution in [3.63, 3.8) is 0 Å². The second-order valence-corrected chi connectivity index (χ2v) is 4.68. The molecule has 0 spiro atoms. The molecule has 0 radical (unpaired) electrons. The number of nitrogens with two attached hydrogens (primary N) is 1. The Morgan fingerprint density at radius 2 is 2.15 bits per heavy atom. The zero-order valence-electron chi connectivity index (χ0n) is 10.5. The molecule has 1 fully saturated rings. The summed E-state index contributed by atoms with van der Waals surface area (Å²) in [6, 6.07) is 3.64. The number of hydrogen-bond donors (Lipinski definition) is 2. The predicted molar refractivity (Wildman–Crippen MR) is 66.1 cm³/mol. The van der Waals surface area contributed by atoms with Crippen molar-refractivity contribution < 1.29 is 23.9 Å². The molecule has 1 saturated heterocycles. The van der Waals surface area contributed by atoms with Crippen LogP contribution >= 0.6 is 0 Å². The molecule has 0 aromatic heterocycles. The highest BCUT2D eigenvalue weighted by Crippen LogP contribution is 2.22. The van der Waals surface area contributed by atoms with Crippen LogP contribution in [0.1, 0.15) is 22.3 Å². The summed E-state index contributed by atoms with van der Waals surface area (Å²) in [5.41, 5.74) is 5.39. The van der Waals surface area contributed by atoms with Gasteiger partial charge in [-0.15, -0.1) is 0 Å². The highest BCUT2D eigenvalue weighted by atomic mass is 19.1. The van der Waals surface area contributed by atoms with Crippen molar-refractivity contribution in [2.75, 3.05) is 6.54 Å². The summed E-state index contributed by atoms with van der Waals surface area (Å²) >= 11 is 0. The predicted octanol–water partition coefficient (Wildman–Crippen LogP) is 0.358. The Labute approximate surface area is 114 Å². The normalized spacial score (nSPS) is 18.4. The maximum Gasteiger partial charge on any atom is 0.308 e. The first-order chi connectivity index (χ1) is 9.38. The van der Waals surface area contributed by atoms with Gasteiger partial charge in [-0.05, 0) is 18.2 Å². The van der Waals surface area contributed by atoms with Crippen LogP contribution in [0, 0.1) is 11.7 Å². The molecule has 20 heavy (non-hydrogen) atoms. The Balaban J connectivity index is 2.18. The van der Waals surface area contributed by atoms with E-state index in [2.05, 4.69) is 0 Å². The van der Waals surface area contributed by atoms with Gasteiger partial charge in [0, 0.05) is 30.6 Å². The molecule has 1 atom stereocenters. The van der Waals surface area contributed by atoms with Gasteiger partial charge in [0.1, 0.15) is 5.82 Å². The number of likely N-dealkylation sites (tertiary alicyclic amines) is 1. The molecule has 2 rings (SSSR count). The van der Waals surface area contributed by atoms with Crippen molar-refractivity contribution in [3.8, 4) is 0 Å². The minimum absolute atomic E-state index is 0.0361. The molecular formula is C13H13FN2O4. The van der Waals surface area contributed by atoms with E-state index in [-0.39, 0.29) is 36.5 Å². The Bertz CT molecular complexity index is 588. The lowest BCUT2D eigenvalue weighted by atomic mass is 10.1. The van der Waals surface area contributed by atoms with Gasteiger partial charge < -0.3 is 15.7 Å². The summed E-state index contributed by atoms with van der Waals surface area (Å²) < 4.78 is 13.7. The van der Waals surface area contributed by atoms with Gasteiger partial charge in [0.15, 0.2) is 0 Å². The number of carboxylic acid groups (broad SMARTS) is 1. The van der Waals surface area contributed by atoms with Crippen molar-refractivity contribution in [3.05, 3.63) is 35.1 Å². The third-order valence-electron chi connectivity index (χ3n) is 3.26. The molecule has 1 aliphatic rings. The summed E-state index contributed by atoms with van der Waals surface area (Å²) in [5.74, 6) is -3.43. The molecule has 1 aromatic carbocycles. The largest absolute Gasteiger partial charge is 0.481 e. The van der Waals surface area contributed by atoms with Crippen molar-refractivity contribution in [1.29, 1.82) is 0 Å². The first-order valence-corrected chi connectivity index (χ1v) is 5.97. The molecule has 2 amide bonds. The average Bonchev–Trinajstić information content (AvgIpc) is 2.73. The molecule has 3 N–H and O–H groups in total. The molecule has 1 aromatic rings. The topological polar surface area (TPSA) is 101 Å². The van der Waals surface area contributed by atoms with Gasteiger partial charge in [0.2, 0.25) is 11.8 Å². The average molecular weight is 280 g/mol. The zero-order valence-corrected chi connectivity index (χ0v) is 10.5. The van der Waals surface area contributed by atoms with Crippen LogP contribution in [0.3, 0.4) is 0 Å². The van der Waals surface area contributed by atoms with E-state index in [9.17, 15) is 18.8 Å². The van der Waals surface area contributed by atoms with E-state index in [1.165, 1.54) is 17.0 Å². The number of primary amides is 1. The second kappa shape index (κ2) is 5.28. The summed E-state index contributed by atoms with van der Waals surface area (Å²) in [4.78, 5) is 34.8. The first-order valence-electron chi connectivity index (χ1n) is 5.97. The summed E-state index contributed by atoms with van der Waals surface area (Å²) in [6.07, 6.45) is -0.0908. The Morgan fingerprint density at radius 1 is 1.45 bits per heavy atom. The van der Waals surface area contributed by atoms with E-state index in [1.807, 2.05) is 0 Å². The Hall–Kier alpha value is -2.44. The number of benzene rings is 1. The van der Waals surface area contributed by atoms with E-state index in [0.717, 1.165) is 6.07 Å². The molecule has 0 aliphatic carbocycles. The summed E-state index contributed by atoms with van der Waals surface area (Å²) in [7, 11) is 0. The number of hydrogen-bond acceptors (Lipinski definition) is 3. The monoisotopic (exact) mass is 280 g/mol. The summed E-state index contributed by atoms with van der Waals surface area (Å²) in [6.45, 7) is -0.0377. The van der Waals surface area contributed by atoms with E-state index < -0.39 is 23.6 Å². The highest BCUT2D eigenvalue weighted by molar-refractivity contribution is 5.93. The number of halogens is 1. The van der Waals surface area contributed by atoms with Crippen molar-refractivity contribution in [2.24, 2.45) is 11.7 Å². The third-order valence-corrected chi connectivity index (χ3v) is 3.26. The molecule has 1 aliphatic heterocycles. The maximum atomic E-state index is 13.7. The van der Waals surface area contributed by atoms with Crippen molar-refractivity contribution in [1.82, 2.24) is 4.90 Å². The second-order valence-electron chi connectivity index (χ2n) is 4.68. The van der Waals surface area contributed by atoms with Crippen LogP contribution in [0.2, 0.25) is 0 Å². The fourth-order valence-corrected chi connectivity index (χ4v) is 2.15. The van der Waals surface area contributed by atoms with Gasteiger partial charge in [-0.2, -0.15) is 0 Å². The lowest BCUT2D eigenvalue weighted by Gasteiger charge is -2.16. The number of amides is 2. The van der Waals surface area contributed by atoms with E-state index in [4.69, 9.17) is 10.8 Å². The quantitative estimate of drug-likeness (QED) is 0.831. The Kier molecular flexibility index (Phi) is 3.69. The van der Waals surface area contributed by atoms with E-state index >= 15 is 0 Å². The van der Waals surface area contributed by atoms with Crippen molar-refractivity contribution in [2.45, 2.75) is 13.0 Å². The number of carbonyl (C=O) groups excluding carboxylic acids is 2. The van der Waals surface area contributed by atoms with Gasteiger partial charge in [-0.25, -0.2) is 4.39 Å². The third kappa shape index (κ3) is 2.76. The molecule has 106 valence electrons. The van der Waals surface area contributed by atoms with Crippen molar-refractivity contribution >= 4 is 17.8 Å². The van der Waals surface area contributed by atoms with Gasteiger partial charge in [0.05, 0.1) is 5.92 Å². The minimum Gasteiger partial charge on any atom is -0.481 e. The van der Waals surface area contributed by atoms with Crippen LogP contribution in [0.5, 0.6) is 0 Å². The fourth-order valence-electron chi connectivity index (χ4n) is 2.15. The van der Waals surface area contributed by atoms with Gasteiger partial charge >= 0.3 is 5.97 Å². The van der Waals surface area contributed by atoms with Crippen LogP contribution in [0.15, 0.2) is 18.2 Å². The molecule has 6 nitrogen and oxygen atoms in total. The van der Waals surface area contributed by atoms with Crippen LogP contribution < -0.4 is 5.73 Å². The molecule has 1 unspecified atom stereocenters.